The first-order chi connectivity index (χ1) is 8.69. The van der Waals surface area contributed by atoms with Crippen LogP contribution in [0.15, 0.2) is 0 Å². The second kappa shape index (κ2) is 4.65. The molecule has 2 aliphatic rings. The molecule has 1 saturated carbocycles. The van der Waals surface area contributed by atoms with Crippen molar-refractivity contribution < 1.29 is 4.79 Å². The Labute approximate surface area is 112 Å². The van der Waals surface area contributed by atoms with E-state index in [1.165, 1.54) is 19.3 Å². The Morgan fingerprint density at radius 1 is 1.39 bits per heavy atom. The minimum absolute atomic E-state index is 0.568. The van der Waals surface area contributed by atoms with Gasteiger partial charge in [0.25, 0.3) is 0 Å². The minimum Gasteiger partial charge on any atom is -0.348 e. The molecule has 0 N–H and O–H groups in total. The van der Waals surface area contributed by atoms with Crippen LogP contribution in [-0.2, 0) is 0 Å². The smallest absolute Gasteiger partial charge is 0.186 e. The van der Waals surface area contributed by atoms with E-state index >= 15 is 0 Å². The van der Waals surface area contributed by atoms with Gasteiger partial charge in [0.15, 0.2) is 11.4 Å². The lowest BCUT2D eigenvalue weighted by Crippen LogP contribution is -2.20. The van der Waals surface area contributed by atoms with Gasteiger partial charge in [-0.25, -0.2) is 4.98 Å². The molecule has 1 aliphatic carbocycles. The fourth-order valence-corrected chi connectivity index (χ4v) is 3.71. The number of carbonyl (C=O) groups is 1. The summed E-state index contributed by atoms with van der Waals surface area (Å²) in [6.07, 6.45) is 4.66. The van der Waals surface area contributed by atoms with Crippen molar-refractivity contribution in [2.45, 2.75) is 39.0 Å². The van der Waals surface area contributed by atoms with Crippen molar-refractivity contribution in [1.29, 1.82) is 0 Å². The van der Waals surface area contributed by atoms with Crippen LogP contribution < -0.4 is 4.90 Å². The van der Waals surface area contributed by atoms with E-state index in [0.29, 0.717) is 5.92 Å². The largest absolute Gasteiger partial charge is 0.348 e. The van der Waals surface area contributed by atoms with Crippen LogP contribution in [0.25, 0.3) is 0 Å². The quantitative estimate of drug-likeness (QED) is 0.782. The third-order valence-corrected chi connectivity index (χ3v) is 5.24. The van der Waals surface area contributed by atoms with Gasteiger partial charge < -0.3 is 4.90 Å². The highest BCUT2D eigenvalue weighted by atomic mass is 32.1. The number of hydrogen-bond donors (Lipinski definition) is 0. The summed E-state index contributed by atoms with van der Waals surface area (Å²) in [5.41, 5.74) is 1.07. The number of aromatic nitrogens is 1. The van der Waals surface area contributed by atoms with Gasteiger partial charge in [0.1, 0.15) is 0 Å². The lowest BCUT2D eigenvalue weighted by Gasteiger charge is -2.16. The van der Waals surface area contributed by atoms with Crippen LogP contribution in [0.3, 0.4) is 0 Å². The molecule has 0 radical (unpaired) electrons. The molecule has 2 fully saturated rings. The molecule has 1 aliphatic heterocycles. The maximum Gasteiger partial charge on any atom is 0.186 e. The van der Waals surface area contributed by atoms with Crippen LogP contribution >= 0.6 is 11.3 Å². The van der Waals surface area contributed by atoms with Crippen LogP contribution in [0.1, 0.15) is 54.4 Å². The van der Waals surface area contributed by atoms with E-state index < -0.39 is 0 Å². The van der Waals surface area contributed by atoms with Crippen molar-refractivity contribution >= 4 is 22.8 Å². The Hall–Kier alpha value is -0.900. The average Bonchev–Trinajstić information content (AvgIpc) is 2.94. The van der Waals surface area contributed by atoms with Crippen molar-refractivity contribution in [3.63, 3.8) is 0 Å². The molecule has 1 saturated heterocycles. The summed E-state index contributed by atoms with van der Waals surface area (Å²) in [5, 5.41) is 1.07. The summed E-state index contributed by atoms with van der Waals surface area (Å²) in [5.74, 6) is 2.08. The topological polar surface area (TPSA) is 33.2 Å². The van der Waals surface area contributed by atoms with E-state index in [2.05, 4.69) is 18.7 Å². The molecule has 0 aromatic carbocycles. The van der Waals surface area contributed by atoms with E-state index in [-0.39, 0.29) is 0 Å². The molecule has 0 amide bonds. The summed E-state index contributed by atoms with van der Waals surface area (Å²) < 4.78 is 0. The van der Waals surface area contributed by atoms with E-state index in [9.17, 15) is 4.79 Å². The summed E-state index contributed by atoms with van der Waals surface area (Å²) in [7, 11) is 0. The molecule has 0 spiro atoms. The minimum atomic E-state index is 0.568. The van der Waals surface area contributed by atoms with E-state index in [1.807, 2.05) is 0 Å². The predicted octanol–water partition coefficient (Wildman–Crippen LogP) is 3.32. The molecule has 18 heavy (non-hydrogen) atoms. The number of hydrogen-bond acceptors (Lipinski definition) is 4. The zero-order valence-electron chi connectivity index (χ0n) is 11.1. The van der Waals surface area contributed by atoms with Crippen LogP contribution in [0.5, 0.6) is 0 Å². The first-order valence-corrected chi connectivity index (χ1v) is 7.71. The highest BCUT2D eigenvalue weighted by molar-refractivity contribution is 7.17. The summed E-state index contributed by atoms with van der Waals surface area (Å²) in [4.78, 5) is 19.1. The van der Waals surface area contributed by atoms with E-state index in [1.54, 1.807) is 11.3 Å². The van der Waals surface area contributed by atoms with Crippen molar-refractivity contribution in [3.8, 4) is 0 Å². The lowest BCUT2D eigenvalue weighted by molar-refractivity contribution is 0.112. The van der Waals surface area contributed by atoms with Gasteiger partial charge in [-0.05, 0) is 31.1 Å². The molecule has 1 aromatic heterocycles. The number of rotatable bonds is 4. The van der Waals surface area contributed by atoms with Gasteiger partial charge in [-0.3, -0.25) is 4.79 Å². The molecule has 3 rings (SSSR count). The van der Waals surface area contributed by atoms with Gasteiger partial charge in [0.05, 0.1) is 10.6 Å². The summed E-state index contributed by atoms with van der Waals surface area (Å²) >= 11 is 1.59. The number of nitrogens with zero attached hydrogens (tertiary/aromatic N) is 2. The Kier molecular flexibility index (Phi) is 3.14. The molecule has 3 nitrogen and oxygen atoms in total. The molecular formula is C14H20N2OS. The first kappa shape index (κ1) is 12.2. The molecule has 1 unspecified atom stereocenters. The summed E-state index contributed by atoms with van der Waals surface area (Å²) in [6, 6.07) is 0. The fraction of sp³-hybridized carbons (Fsp3) is 0.714. The monoisotopic (exact) mass is 264 g/mol. The Bertz CT molecular complexity index is 451. The Morgan fingerprint density at radius 3 is 2.72 bits per heavy atom. The van der Waals surface area contributed by atoms with Gasteiger partial charge in [0.2, 0.25) is 0 Å². The second-order valence-electron chi connectivity index (χ2n) is 5.88. The zero-order valence-corrected chi connectivity index (χ0v) is 11.9. The van der Waals surface area contributed by atoms with Crippen LogP contribution in [0.2, 0.25) is 0 Å². The van der Waals surface area contributed by atoms with Gasteiger partial charge in [-0.1, -0.05) is 25.2 Å². The molecule has 4 heteroatoms. The van der Waals surface area contributed by atoms with Crippen LogP contribution in [0, 0.1) is 11.8 Å². The molecule has 1 aromatic rings. The van der Waals surface area contributed by atoms with E-state index in [4.69, 9.17) is 4.98 Å². The fourth-order valence-electron chi connectivity index (χ4n) is 2.71. The van der Waals surface area contributed by atoms with Gasteiger partial charge >= 0.3 is 0 Å². The van der Waals surface area contributed by atoms with E-state index in [0.717, 1.165) is 46.9 Å². The highest BCUT2D eigenvalue weighted by Crippen LogP contribution is 2.44. The zero-order chi connectivity index (χ0) is 12.7. The molecule has 98 valence electrons. The molecule has 1 atom stereocenters. The highest BCUT2D eigenvalue weighted by Gasteiger charge is 2.32. The van der Waals surface area contributed by atoms with Crippen molar-refractivity contribution in [2.75, 3.05) is 18.0 Å². The summed E-state index contributed by atoms with van der Waals surface area (Å²) in [6.45, 7) is 6.79. The SMILES string of the molecule is CC(C)C1CCN(c2nc(C3CC3)c(C=O)s2)C1. The van der Waals surface area contributed by atoms with Gasteiger partial charge in [-0.2, -0.15) is 0 Å². The van der Waals surface area contributed by atoms with Crippen molar-refractivity contribution in [1.82, 2.24) is 4.98 Å². The van der Waals surface area contributed by atoms with Crippen LogP contribution in [-0.4, -0.2) is 24.4 Å². The Morgan fingerprint density at radius 2 is 2.17 bits per heavy atom. The van der Waals surface area contributed by atoms with Crippen molar-refractivity contribution in [3.05, 3.63) is 10.6 Å². The second-order valence-corrected chi connectivity index (χ2v) is 6.89. The average molecular weight is 264 g/mol. The third-order valence-electron chi connectivity index (χ3n) is 4.18. The number of carbonyl (C=O) groups excluding carboxylic acids is 1. The normalized spacial score (nSPS) is 23.9. The number of aldehydes is 1. The lowest BCUT2D eigenvalue weighted by atomic mass is 9.95. The van der Waals surface area contributed by atoms with Crippen molar-refractivity contribution in [2.24, 2.45) is 11.8 Å². The molecular weight excluding hydrogens is 244 g/mol. The predicted molar refractivity (Wildman–Crippen MR) is 74.6 cm³/mol. The van der Waals surface area contributed by atoms with Gasteiger partial charge in [-0.15, -0.1) is 0 Å². The maximum atomic E-state index is 11.1. The standard InChI is InChI=1S/C14H20N2OS/c1-9(2)11-5-6-16(7-11)14-15-13(10-3-4-10)12(8-17)18-14/h8-11H,3-7H2,1-2H3. The molecule has 0 bridgehead atoms. The third kappa shape index (κ3) is 2.18. The Balaban J connectivity index is 1.78. The number of thiazole rings is 1. The molecule has 2 heterocycles. The number of anilines is 1. The maximum absolute atomic E-state index is 11.1. The first-order valence-electron chi connectivity index (χ1n) is 6.90. The van der Waals surface area contributed by atoms with Crippen LogP contribution in [0.4, 0.5) is 5.13 Å². The van der Waals surface area contributed by atoms with Gasteiger partial charge in [0, 0.05) is 19.0 Å².